The maximum absolute atomic E-state index is 11.8. The van der Waals surface area contributed by atoms with Gasteiger partial charge in [-0.3, -0.25) is 0 Å². The molecule has 0 aromatic carbocycles. The molecule has 0 atom stereocenters. The number of carbonyl (C=O) groups is 1. The monoisotopic (exact) mass is 167 g/mol. The molecule has 1 saturated heterocycles. The van der Waals surface area contributed by atoms with Crippen LogP contribution in [0.2, 0.25) is 0 Å². The molecule has 5 heteroatoms. The van der Waals surface area contributed by atoms with Crippen LogP contribution in [-0.2, 0) is 4.79 Å². The number of alkyl halides is 3. The number of hydrogen-bond acceptors (Lipinski definition) is 2. The Hall–Kier alpha value is -0.580. The topological polar surface area (TPSA) is 20.3 Å². The summed E-state index contributed by atoms with van der Waals surface area (Å²) in [7, 11) is 0. The Morgan fingerprint density at radius 2 is 2.00 bits per heavy atom. The van der Waals surface area contributed by atoms with Crippen LogP contribution in [0, 0.1) is 5.92 Å². The highest BCUT2D eigenvalue weighted by molar-refractivity contribution is 5.50. The summed E-state index contributed by atoms with van der Waals surface area (Å²) >= 11 is 0. The minimum atomic E-state index is -4.21. The van der Waals surface area contributed by atoms with Crippen molar-refractivity contribution in [2.24, 2.45) is 5.92 Å². The zero-order valence-corrected chi connectivity index (χ0v) is 5.77. The summed E-state index contributed by atoms with van der Waals surface area (Å²) in [5.41, 5.74) is 0. The molecule has 11 heavy (non-hydrogen) atoms. The van der Waals surface area contributed by atoms with Gasteiger partial charge in [-0.1, -0.05) is 0 Å². The van der Waals surface area contributed by atoms with E-state index in [4.69, 9.17) is 0 Å². The minimum absolute atomic E-state index is 0.0256. The van der Waals surface area contributed by atoms with Gasteiger partial charge in [0.25, 0.3) is 0 Å². The molecule has 0 N–H and O–H groups in total. The Morgan fingerprint density at radius 1 is 1.45 bits per heavy atom. The van der Waals surface area contributed by atoms with Crippen molar-refractivity contribution in [2.45, 2.75) is 12.7 Å². The fourth-order valence-corrected chi connectivity index (χ4v) is 1.06. The van der Waals surface area contributed by atoms with E-state index in [2.05, 4.69) is 0 Å². The quantitative estimate of drug-likeness (QED) is 0.452. The van der Waals surface area contributed by atoms with Crippen molar-refractivity contribution in [3.8, 4) is 0 Å². The van der Waals surface area contributed by atoms with Crippen molar-refractivity contribution in [2.75, 3.05) is 13.1 Å². The van der Waals surface area contributed by atoms with Crippen LogP contribution in [0.4, 0.5) is 13.2 Å². The third-order valence-corrected chi connectivity index (χ3v) is 1.75. The Kier molecular flexibility index (Phi) is 2.17. The molecule has 1 rings (SSSR count). The predicted octanol–water partition coefficient (Wildman–Crippen LogP) is 1.03. The molecule has 0 unspecified atom stereocenters. The smallest absolute Gasteiger partial charge is 0.303 e. The van der Waals surface area contributed by atoms with Crippen LogP contribution in [0.1, 0.15) is 6.42 Å². The van der Waals surface area contributed by atoms with Crippen molar-refractivity contribution in [3.63, 3.8) is 0 Å². The van der Waals surface area contributed by atoms with Crippen LogP contribution in [0.3, 0.4) is 0 Å². The molecule has 0 aromatic rings. The molecule has 0 bridgehead atoms. The van der Waals surface area contributed by atoms with Crippen LogP contribution in [0.5, 0.6) is 0 Å². The van der Waals surface area contributed by atoms with Gasteiger partial charge in [-0.15, -0.1) is 0 Å². The second-order valence-corrected chi connectivity index (χ2v) is 2.64. The molecule has 1 aliphatic heterocycles. The number of nitrogens with zero attached hydrogens (tertiary/aromatic N) is 1. The van der Waals surface area contributed by atoms with Gasteiger partial charge in [0.05, 0.1) is 0 Å². The zero-order chi connectivity index (χ0) is 8.48. The SMILES string of the molecule is O=CCC1CN(C(F)(F)F)C1. The van der Waals surface area contributed by atoms with Gasteiger partial charge in [0.2, 0.25) is 0 Å². The van der Waals surface area contributed by atoms with E-state index in [0.29, 0.717) is 11.2 Å². The predicted molar refractivity (Wildman–Crippen MR) is 31.8 cm³/mol. The van der Waals surface area contributed by atoms with Gasteiger partial charge in [0.1, 0.15) is 6.29 Å². The number of carbonyl (C=O) groups excluding carboxylic acids is 1. The van der Waals surface area contributed by atoms with Crippen molar-refractivity contribution >= 4 is 6.29 Å². The second kappa shape index (κ2) is 2.81. The Labute approximate surface area is 62.0 Å². The minimum Gasteiger partial charge on any atom is -0.303 e. The normalized spacial score (nSPS) is 21.4. The van der Waals surface area contributed by atoms with E-state index in [1.54, 1.807) is 0 Å². The van der Waals surface area contributed by atoms with Gasteiger partial charge in [-0.05, 0) is 5.92 Å². The van der Waals surface area contributed by atoms with E-state index in [1.165, 1.54) is 0 Å². The third-order valence-electron chi connectivity index (χ3n) is 1.75. The lowest BCUT2D eigenvalue weighted by molar-refractivity contribution is -0.275. The van der Waals surface area contributed by atoms with Crippen LogP contribution < -0.4 is 0 Å². The molecule has 0 amide bonds. The van der Waals surface area contributed by atoms with E-state index >= 15 is 0 Å². The molecular weight excluding hydrogens is 159 g/mol. The molecule has 0 aliphatic carbocycles. The van der Waals surface area contributed by atoms with Crippen molar-refractivity contribution in [1.29, 1.82) is 0 Å². The van der Waals surface area contributed by atoms with Gasteiger partial charge in [0.15, 0.2) is 0 Å². The molecule has 0 radical (unpaired) electrons. The van der Waals surface area contributed by atoms with Gasteiger partial charge < -0.3 is 4.79 Å². The van der Waals surface area contributed by atoms with Gasteiger partial charge in [0, 0.05) is 19.5 Å². The summed E-state index contributed by atoms with van der Waals surface area (Å²) in [6, 6.07) is 0. The third kappa shape index (κ3) is 1.92. The fourth-order valence-electron chi connectivity index (χ4n) is 1.06. The van der Waals surface area contributed by atoms with E-state index in [-0.39, 0.29) is 25.4 Å². The van der Waals surface area contributed by atoms with Crippen molar-refractivity contribution in [1.82, 2.24) is 4.90 Å². The Morgan fingerprint density at radius 3 is 2.36 bits per heavy atom. The first-order valence-corrected chi connectivity index (χ1v) is 3.29. The lowest BCUT2D eigenvalue weighted by atomic mass is 9.98. The molecule has 0 spiro atoms. The summed E-state index contributed by atoms with van der Waals surface area (Å²) in [6.07, 6.45) is -3.30. The summed E-state index contributed by atoms with van der Waals surface area (Å²) in [5.74, 6) is -0.0888. The molecule has 1 aliphatic rings. The molecule has 0 saturated carbocycles. The largest absolute Gasteiger partial charge is 0.459 e. The Bertz CT molecular complexity index is 150. The standard InChI is InChI=1S/C6H8F3NO/c7-6(8,9)10-3-5(4-10)1-2-11/h2,5H,1,3-4H2. The lowest BCUT2D eigenvalue weighted by Gasteiger charge is -2.39. The highest BCUT2D eigenvalue weighted by Gasteiger charge is 2.44. The molecule has 64 valence electrons. The number of rotatable bonds is 2. The highest BCUT2D eigenvalue weighted by Crippen LogP contribution is 2.30. The van der Waals surface area contributed by atoms with Crippen molar-refractivity contribution in [3.05, 3.63) is 0 Å². The van der Waals surface area contributed by atoms with Crippen molar-refractivity contribution < 1.29 is 18.0 Å². The van der Waals surface area contributed by atoms with Crippen LogP contribution >= 0.6 is 0 Å². The van der Waals surface area contributed by atoms with E-state index in [0.717, 1.165) is 0 Å². The fraction of sp³-hybridized carbons (Fsp3) is 0.833. The molecular formula is C6H8F3NO. The van der Waals surface area contributed by atoms with Gasteiger partial charge in [-0.2, -0.15) is 13.2 Å². The number of aldehydes is 1. The van der Waals surface area contributed by atoms with Gasteiger partial charge >= 0.3 is 6.30 Å². The molecule has 2 nitrogen and oxygen atoms in total. The second-order valence-electron chi connectivity index (χ2n) is 2.64. The average molecular weight is 167 g/mol. The number of halogens is 3. The van der Waals surface area contributed by atoms with E-state index in [1.807, 2.05) is 0 Å². The summed E-state index contributed by atoms with van der Waals surface area (Å²) < 4.78 is 35.3. The first-order chi connectivity index (χ1) is 5.04. The molecule has 1 heterocycles. The number of hydrogen-bond donors (Lipinski definition) is 0. The first kappa shape index (κ1) is 8.52. The zero-order valence-electron chi connectivity index (χ0n) is 5.77. The molecule has 1 fully saturated rings. The lowest BCUT2D eigenvalue weighted by Crippen LogP contribution is -2.54. The average Bonchev–Trinajstić information content (AvgIpc) is 1.74. The van der Waals surface area contributed by atoms with E-state index < -0.39 is 6.30 Å². The van der Waals surface area contributed by atoms with E-state index in [9.17, 15) is 18.0 Å². The summed E-state index contributed by atoms with van der Waals surface area (Å²) in [6.45, 7) is -0.0511. The highest BCUT2D eigenvalue weighted by atomic mass is 19.4. The van der Waals surface area contributed by atoms with Crippen LogP contribution in [-0.4, -0.2) is 30.6 Å². The van der Waals surface area contributed by atoms with Crippen LogP contribution in [0.15, 0.2) is 0 Å². The maximum Gasteiger partial charge on any atom is 0.459 e. The molecule has 0 aromatic heterocycles. The van der Waals surface area contributed by atoms with Gasteiger partial charge in [-0.25, -0.2) is 4.90 Å². The Balaban J connectivity index is 2.24. The summed E-state index contributed by atoms with van der Waals surface area (Å²) in [5, 5.41) is 0. The first-order valence-electron chi connectivity index (χ1n) is 3.29. The van der Waals surface area contributed by atoms with Crippen LogP contribution in [0.25, 0.3) is 0 Å². The number of likely N-dealkylation sites (tertiary alicyclic amines) is 1. The maximum atomic E-state index is 11.8. The summed E-state index contributed by atoms with van der Waals surface area (Å²) in [4.78, 5) is 10.3.